The smallest absolute Gasteiger partial charge is 0.273 e. The summed E-state index contributed by atoms with van der Waals surface area (Å²) in [6, 6.07) is 7.25. The molecule has 3 N–H and O–H groups in total. The molecule has 0 saturated heterocycles. The Bertz CT molecular complexity index is 640. The number of nitrogens with zero attached hydrogens (tertiary/aromatic N) is 1. The van der Waals surface area contributed by atoms with Crippen LogP contribution in [0.4, 0.5) is 0 Å². The average Bonchev–Trinajstić information content (AvgIpc) is 3.08. The van der Waals surface area contributed by atoms with E-state index in [0.717, 1.165) is 30.6 Å². The molecule has 0 radical (unpaired) electrons. The molecular formula is C17H23N3O3. The van der Waals surface area contributed by atoms with Crippen LogP contribution in [0.25, 0.3) is 0 Å². The highest BCUT2D eigenvalue weighted by Gasteiger charge is 2.16. The first-order valence-corrected chi connectivity index (χ1v) is 7.76. The molecule has 0 aliphatic heterocycles. The fraction of sp³-hybridized carbons (Fsp3) is 0.412. The molecule has 6 heteroatoms. The third kappa shape index (κ3) is 4.56. The quantitative estimate of drug-likeness (QED) is 0.781. The van der Waals surface area contributed by atoms with Gasteiger partial charge in [0.25, 0.3) is 5.91 Å². The van der Waals surface area contributed by atoms with Gasteiger partial charge in [0.1, 0.15) is 12.0 Å². The summed E-state index contributed by atoms with van der Waals surface area (Å²) in [6.07, 6.45) is 4.19. The first-order valence-electron chi connectivity index (χ1n) is 7.76. The number of carbonyl (C=O) groups is 1. The molecule has 1 aromatic carbocycles. The molecule has 0 bridgehead atoms. The molecule has 2 aromatic rings. The van der Waals surface area contributed by atoms with E-state index in [4.69, 9.17) is 14.9 Å². The van der Waals surface area contributed by atoms with Gasteiger partial charge in [0, 0.05) is 12.1 Å². The van der Waals surface area contributed by atoms with Crippen LogP contribution in [0, 0.1) is 0 Å². The third-order valence-electron chi connectivity index (χ3n) is 3.57. The van der Waals surface area contributed by atoms with Gasteiger partial charge in [-0.2, -0.15) is 0 Å². The zero-order chi connectivity index (χ0) is 16.7. The lowest BCUT2D eigenvalue weighted by molar-refractivity contribution is 0.0945. The van der Waals surface area contributed by atoms with Crippen molar-refractivity contribution in [1.82, 2.24) is 10.3 Å². The summed E-state index contributed by atoms with van der Waals surface area (Å²) in [6.45, 7) is 2.45. The van der Waals surface area contributed by atoms with Crippen LogP contribution in [0.1, 0.15) is 54.2 Å². The van der Waals surface area contributed by atoms with Gasteiger partial charge in [0.2, 0.25) is 5.89 Å². The zero-order valence-corrected chi connectivity index (χ0v) is 13.5. The van der Waals surface area contributed by atoms with Crippen LogP contribution in [0.5, 0.6) is 5.75 Å². The Morgan fingerprint density at radius 3 is 2.96 bits per heavy atom. The number of nitrogens with one attached hydrogen (secondary N) is 1. The van der Waals surface area contributed by atoms with Gasteiger partial charge >= 0.3 is 0 Å². The summed E-state index contributed by atoms with van der Waals surface area (Å²) in [4.78, 5) is 16.3. The molecule has 0 saturated carbocycles. The van der Waals surface area contributed by atoms with E-state index >= 15 is 0 Å². The number of oxazole rings is 1. The Labute approximate surface area is 136 Å². The summed E-state index contributed by atoms with van der Waals surface area (Å²) in [5, 5.41) is 2.80. The van der Waals surface area contributed by atoms with Crippen molar-refractivity contribution in [1.29, 1.82) is 0 Å². The van der Waals surface area contributed by atoms with Crippen LogP contribution in [-0.2, 0) is 6.54 Å². The van der Waals surface area contributed by atoms with Gasteiger partial charge in [-0.25, -0.2) is 4.98 Å². The van der Waals surface area contributed by atoms with E-state index in [1.54, 1.807) is 7.11 Å². The number of unbranched alkanes of at least 4 members (excludes halogenated alkanes) is 1. The van der Waals surface area contributed by atoms with E-state index in [9.17, 15) is 4.79 Å². The number of amides is 1. The summed E-state index contributed by atoms with van der Waals surface area (Å²) in [5.74, 6) is 0.838. The minimum Gasteiger partial charge on any atom is -0.496 e. The first kappa shape index (κ1) is 17.0. The van der Waals surface area contributed by atoms with E-state index in [1.807, 2.05) is 24.3 Å². The van der Waals surface area contributed by atoms with Gasteiger partial charge in [-0.05, 0) is 12.5 Å². The number of benzene rings is 1. The highest BCUT2D eigenvalue weighted by Crippen LogP contribution is 2.18. The van der Waals surface area contributed by atoms with Crippen LogP contribution in [0.2, 0.25) is 0 Å². The van der Waals surface area contributed by atoms with Gasteiger partial charge in [-0.15, -0.1) is 0 Å². The second-order valence-electron chi connectivity index (χ2n) is 5.31. The molecule has 0 spiro atoms. The predicted octanol–water partition coefficient (Wildman–Crippen LogP) is 2.80. The molecule has 1 aromatic heterocycles. The molecule has 1 heterocycles. The predicted molar refractivity (Wildman–Crippen MR) is 87.1 cm³/mol. The second kappa shape index (κ2) is 8.33. The minimum atomic E-state index is -0.298. The minimum absolute atomic E-state index is 0.238. The van der Waals surface area contributed by atoms with Crippen LogP contribution < -0.4 is 15.8 Å². The molecular weight excluding hydrogens is 294 g/mol. The number of rotatable bonds is 8. The Kier molecular flexibility index (Phi) is 6.17. The Morgan fingerprint density at radius 1 is 1.43 bits per heavy atom. The van der Waals surface area contributed by atoms with Crippen LogP contribution in [-0.4, -0.2) is 18.0 Å². The van der Waals surface area contributed by atoms with Crippen molar-refractivity contribution < 1.29 is 13.9 Å². The summed E-state index contributed by atoms with van der Waals surface area (Å²) < 4.78 is 10.6. The largest absolute Gasteiger partial charge is 0.496 e. The molecule has 0 fully saturated rings. The van der Waals surface area contributed by atoms with Crippen LogP contribution in [0.15, 0.2) is 34.9 Å². The number of methoxy groups -OCH3 is 1. The molecule has 1 unspecified atom stereocenters. The normalized spacial score (nSPS) is 12.0. The maximum atomic E-state index is 12.2. The number of carbonyl (C=O) groups excluding carboxylic acids is 1. The van der Waals surface area contributed by atoms with Crippen molar-refractivity contribution in [3.63, 3.8) is 0 Å². The molecule has 6 nitrogen and oxygen atoms in total. The van der Waals surface area contributed by atoms with Gasteiger partial charge in [-0.1, -0.05) is 38.0 Å². The molecule has 1 amide bonds. The van der Waals surface area contributed by atoms with E-state index < -0.39 is 0 Å². The fourth-order valence-corrected chi connectivity index (χ4v) is 2.22. The molecule has 1 atom stereocenters. The number of nitrogens with two attached hydrogens (primary N) is 1. The first-order chi connectivity index (χ1) is 11.2. The Morgan fingerprint density at radius 2 is 2.22 bits per heavy atom. The summed E-state index contributed by atoms with van der Waals surface area (Å²) in [5.41, 5.74) is 7.13. The zero-order valence-electron chi connectivity index (χ0n) is 13.5. The van der Waals surface area contributed by atoms with Crippen molar-refractivity contribution in [3.05, 3.63) is 47.7 Å². The number of hydrogen-bond acceptors (Lipinski definition) is 5. The van der Waals surface area contributed by atoms with Crippen molar-refractivity contribution >= 4 is 5.91 Å². The monoisotopic (exact) mass is 317 g/mol. The maximum Gasteiger partial charge on any atom is 0.273 e. The lowest BCUT2D eigenvalue weighted by atomic mass is 10.1. The molecule has 124 valence electrons. The standard InChI is InChI=1S/C17H23N3O3/c1-3-4-8-13(18)17-20-14(11-23-17)16(21)19-10-12-7-5-6-9-15(12)22-2/h5-7,9,11,13H,3-4,8,10,18H2,1-2H3,(H,19,21). The second-order valence-corrected chi connectivity index (χ2v) is 5.31. The highest BCUT2D eigenvalue weighted by atomic mass is 16.5. The lowest BCUT2D eigenvalue weighted by Gasteiger charge is -2.08. The number of aromatic nitrogens is 1. The maximum absolute atomic E-state index is 12.2. The molecule has 0 aliphatic carbocycles. The lowest BCUT2D eigenvalue weighted by Crippen LogP contribution is -2.23. The van der Waals surface area contributed by atoms with Crippen molar-refractivity contribution in [2.24, 2.45) is 5.73 Å². The van der Waals surface area contributed by atoms with Crippen molar-refractivity contribution in [2.45, 2.75) is 38.8 Å². The summed E-state index contributed by atoms with van der Waals surface area (Å²) in [7, 11) is 1.60. The summed E-state index contributed by atoms with van der Waals surface area (Å²) >= 11 is 0. The average molecular weight is 317 g/mol. The number of hydrogen-bond donors (Lipinski definition) is 2. The fourth-order valence-electron chi connectivity index (χ4n) is 2.22. The number of ether oxygens (including phenoxy) is 1. The van der Waals surface area contributed by atoms with E-state index in [1.165, 1.54) is 6.26 Å². The molecule has 2 rings (SSSR count). The van der Waals surface area contributed by atoms with Crippen LogP contribution >= 0.6 is 0 Å². The van der Waals surface area contributed by atoms with Crippen LogP contribution in [0.3, 0.4) is 0 Å². The Balaban J connectivity index is 1.95. The third-order valence-corrected chi connectivity index (χ3v) is 3.57. The molecule has 0 aliphatic rings. The van der Waals surface area contributed by atoms with E-state index in [-0.39, 0.29) is 17.6 Å². The van der Waals surface area contributed by atoms with Gasteiger partial charge in [0.05, 0.1) is 13.2 Å². The van der Waals surface area contributed by atoms with Gasteiger partial charge in [0.15, 0.2) is 5.69 Å². The van der Waals surface area contributed by atoms with E-state index in [0.29, 0.717) is 12.4 Å². The van der Waals surface area contributed by atoms with Gasteiger partial charge < -0.3 is 20.2 Å². The molecule has 23 heavy (non-hydrogen) atoms. The van der Waals surface area contributed by atoms with Crippen molar-refractivity contribution in [3.8, 4) is 5.75 Å². The highest BCUT2D eigenvalue weighted by molar-refractivity contribution is 5.91. The topological polar surface area (TPSA) is 90.4 Å². The SMILES string of the molecule is CCCCC(N)c1nc(C(=O)NCc2ccccc2OC)co1. The van der Waals surface area contributed by atoms with Crippen molar-refractivity contribution in [2.75, 3.05) is 7.11 Å². The number of para-hydroxylation sites is 1. The van der Waals surface area contributed by atoms with E-state index in [2.05, 4.69) is 17.2 Å². The van der Waals surface area contributed by atoms with Gasteiger partial charge in [-0.3, -0.25) is 4.79 Å². The Hall–Kier alpha value is -2.34.